The molecule has 7 nitrogen and oxygen atoms in total. The molecule has 1 aromatic rings. The van der Waals surface area contributed by atoms with Gasteiger partial charge >= 0.3 is 0 Å². The second-order valence-corrected chi connectivity index (χ2v) is 4.91. The Bertz CT molecular complexity index is 543. The summed E-state index contributed by atoms with van der Waals surface area (Å²) in [6.07, 6.45) is 1.48. The van der Waals surface area contributed by atoms with Crippen molar-refractivity contribution in [3.8, 4) is 0 Å². The van der Waals surface area contributed by atoms with Crippen molar-refractivity contribution in [1.29, 1.82) is 0 Å². The number of aliphatic hydroxyl groups is 1. The van der Waals surface area contributed by atoms with Gasteiger partial charge in [0.05, 0.1) is 23.6 Å². The lowest BCUT2D eigenvalue weighted by molar-refractivity contribution is -0.385. The van der Waals surface area contributed by atoms with Crippen LogP contribution < -0.4 is 0 Å². The van der Waals surface area contributed by atoms with Crippen molar-refractivity contribution in [3.05, 3.63) is 33.1 Å². The Labute approximate surface area is 114 Å². The molecular formula is C11H12ClN3O4. The number of nitrogens with zero attached hydrogens (tertiary/aromatic N) is 3. The summed E-state index contributed by atoms with van der Waals surface area (Å²) in [5, 5.41) is 20.7. The second kappa shape index (κ2) is 4.75. The second-order valence-electron chi connectivity index (χ2n) is 4.52. The van der Waals surface area contributed by atoms with Gasteiger partial charge in [0.2, 0.25) is 0 Å². The monoisotopic (exact) mass is 285 g/mol. The average Bonchev–Trinajstić information content (AvgIpc) is 2.33. The SMILES string of the molecule is CCC1(O)CN(C(=O)c2cc(Cl)ncc2[N+](=O)[O-])C1. The minimum Gasteiger partial charge on any atom is -0.386 e. The summed E-state index contributed by atoms with van der Waals surface area (Å²) < 4.78 is 0. The van der Waals surface area contributed by atoms with E-state index in [1.807, 2.05) is 6.92 Å². The lowest BCUT2D eigenvalue weighted by Gasteiger charge is -2.45. The molecule has 0 aliphatic carbocycles. The molecule has 2 heterocycles. The molecule has 1 aromatic heterocycles. The van der Waals surface area contributed by atoms with Crippen LogP contribution in [0.3, 0.4) is 0 Å². The molecule has 1 amide bonds. The first-order valence-corrected chi connectivity index (χ1v) is 6.06. The third-order valence-corrected chi connectivity index (χ3v) is 3.40. The highest BCUT2D eigenvalue weighted by atomic mass is 35.5. The fourth-order valence-corrected chi connectivity index (χ4v) is 2.10. The van der Waals surface area contributed by atoms with Crippen molar-refractivity contribution in [2.24, 2.45) is 0 Å². The largest absolute Gasteiger partial charge is 0.386 e. The van der Waals surface area contributed by atoms with Crippen LogP contribution in [0.15, 0.2) is 12.3 Å². The highest BCUT2D eigenvalue weighted by molar-refractivity contribution is 6.29. The number of hydrogen-bond donors (Lipinski definition) is 1. The van der Waals surface area contributed by atoms with Crippen LogP contribution in [0, 0.1) is 10.1 Å². The molecule has 1 saturated heterocycles. The molecule has 0 unspecified atom stereocenters. The van der Waals surface area contributed by atoms with Gasteiger partial charge in [0.1, 0.15) is 16.9 Å². The molecule has 1 N–H and O–H groups in total. The van der Waals surface area contributed by atoms with Crippen molar-refractivity contribution in [1.82, 2.24) is 9.88 Å². The Morgan fingerprint density at radius 2 is 2.32 bits per heavy atom. The zero-order valence-electron chi connectivity index (χ0n) is 10.2. The first-order chi connectivity index (χ1) is 8.86. The maximum atomic E-state index is 12.1. The van der Waals surface area contributed by atoms with Gasteiger partial charge in [-0.05, 0) is 12.5 Å². The molecule has 0 bridgehead atoms. The van der Waals surface area contributed by atoms with Gasteiger partial charge in [0.25, 0.3) is 11.6 Å². The lowest BCUT2D eigenvalue weighted by atomic mass is 9.90. The van der Waals surface area contributed by atoms with Gasteiger partial charge in [0, 0.05) is 0 Å². The molecule has 19 heavy (non-hydrogen) atoms. The number of rotatable bonds is 3. The van der Waals surface area contributed by atoms with E-state index in [9.17, 15) is 20.0 Å². The number of nitro groups is 1. The molecule has 8 heteroatoms. The number of pyridine rings is 1. The highest BCUT2D eigenvalue weighted by Crippen LogP contribution is 2.29. The van der Waals surface area contributed by atoms with Gasteiger partial charge in [-0.1, -0.05) is 18.5 Å². The predicted octanol–water partition coefficient (Wildman–Crippen LogP) is 1.24. The Hall–Kier alpha value is -1.73. The Kier molecular flexibility index (Phi) is 3.42. The number of carbonyl (C=O) groups excluding carboxylic acids is 1. The summed E-state index contributed by atoms with van der Waals surface area (Å²) in [7, 11) is 0. The van der Waals surface area contributed by atoms with Crippen molar-refractivity contribution >= 4 is 23.2 Å². The molecular weight excluding hydrogens is 274 g/mol. The summed E-state index contributed by atoms with van der Waals surface area (Å²) in [4.78, 5) is 27.3. The van der Waals surface area contributed by atoms with Crippen LogP contribution in [0.25, 0.3) is 0 Å². The van der Waals surface area contributed by atoms with Crippen LogP contribution in [0.1, 0.15) is 23.7 Å². The van der Waals surface area contributed by atoms with E-state index in [0.29, 0.717) is 6.42 Å². The lowest BCUT2D eigenvalue weighted by Crippen LogP contribution is -2.63. The number of carbonyl (C=O) groups is 1. The van der Waals surface area contributed by atoms with Gasteiger partial charge in [0.15, 0.2) is 0 Å². The molecule has 0 spiro atoms. The van der Waals surface area contributed by atoms with E-state index in [4.69, 9.17) is 11.6 Å². The van der Waals surface area contributed by atoms with Crippen LogP contribution in [0.2, 0.25) is 5.15 Å². The summed E-state index contributed by atoms with van der Waals surface area (Å²) in [6.45, 7) is 2.15. The number of hydrogen-bond acceptors (Lipinski definition) is 5. The van der Waals surface area contributed by atoms with Crippen LogP contribution in [-0.2, 0) is 0 Å². The van der Waals surface area contributed by atoms with E-state index >= 15 is 0 Å². The van der Waals surface area contributed by atoms with Gasteiger partial charge in [-0.25, -0.2) is 4.98 Å². The summed E-state index contributed by atoms with van der Waals surface area (Å²) >= 11 is 5.66. The standard InChI is InChI=1S/C11H12ClN3O4/c1-2-11(17)5-14(6-11)10(16)7-3-9(12)13-4-8(7)15(18)19/h3-4,17H,2,5-6H2,1H3. The topological polar surface area (TPSA) is 96.6 Å². The fraction of sp³-hybridized carbons (Fsp3) is 0.455. The summed E-state index contributed by atoms with van der Waals surface area (Å²) in [5.41, 5.74) is -1.38. The molecule has 102 valence electrons. The first kappa shape index (κ1) is 13.7. The Morgan fingerprint density at radius 3 is 2.84 bits per heavy atom. The maximum absolute atomic E-state index is 12.1. The minimum absolute atomic E-state index is 0.0141. The van der Waals surface area contributed by atoms with Crippen LogP contribution in [0.4, 0.5) is 5.69 Å². The summed E-state index contributed by atoms with van der Waals surface area (Å²) in [5.74, 6) is -0.519. The molecule has 0 atom stereocenters. The molecule has 2 rings (SSSR count). The van der Waals surface area contributed by atoms with E-state index in [-0.39, 0.29) is 29.5 Å². The molecule has 1 fully saturated rings. The number of aromatic nitrogens is 1. The first-order valence-electron chi connectivity index (χ1n) is 5.68. The fourth-order valence-electron chi connectivity index (χ4n) is 1.94. The zero-order chi connectivity index (χ0) is 14.2. The summed E-state index contributed by atoms with van der Waals surface area (Å²) in [6, 6.07) is 1.17. The van der Waals surface area contributed by atoms with Crippen LogP contribution in [0.5, 0.6) is 0 Å². The van der Waals surface area contributed by atoms with E-state index in [1.165, 1.54) is 11.0 Å². The quantitative estimate of drug-likeness (QED) is 0.512. The molecule has 0 aromatic carbocycles. The number of halogens is 1. The van der Waals surface area contributed by atoms with Crippen LogP contribution in [-0.4, -0.2) is 44.5 Å². The normalized spacial score (nSPS) is 16.9. The number of β-amino-alcohol motifs (C(OH)–C–C–N with tert-alkyl or cyclic N) is 1. The van der Waals surface area contributed by atoms with Crippen molar-refractivity contribution in [2.75, 3.05) is 13.1 Å². The van der Waals surface area contributed by atoms with E-state index in [2.05, 4.69) is 4.98 Å². The van der Waals surface area contributed by atoms with Crippen LogP contribution >= 0.6 is 11.6 Å². The average molecular weight is 286 g/mol. The Morgan fingerprint density at radius 1 is 1.68 bits per heavy atom. The van der Waals surface area contributed by atoms with Crippen molar-refractivity contribution in [3.63, 3.8) is 0 Å². The highest BCUT2D eigenvalue weighted by Gasteiger charge is 2.43. The zero-order valence-corrected chi connectivity index (χ0v) is 10.9. The third-order valence-electron chi connectivity index (χ3n) is 3.19. The van der Waals surface area contributed by atoms with Crippen molar-refractivity contribution in [2.45, 2.75) is 18.9 Å². The maximum Gasteiger partial charge on any atom is 0.300 e. The molecule has 0 saturated carbocycles. The minimum atomic E-state index is -0.888. The van der Waals surface area contributed by atoms with E-state index in [0.717, 1.165) is 6.20 Å². The Balaban J connectivity index is 2.25. The van der Waals surface area contributed by atoms with E-state index in [1.54, 1.807) is 0 Å². The predicted molar refractivity (Wildman–Crippen MR) is 67.0 cm³/mol. The van der Waals surface area contributed by atoms with Crippen molar-refractivity contribution < 1.29 is 14.8 Å². The van der Waals surface area contributed by atoms with Gasteiger partial charge in [-0.2, -0.15) is 0 Å². The molecule has 1 aliphatic rings. The van der Waals surface area contributed by atoms with Gasteiger partial charge in [-0.15, -0.1) is 0 Å². The molecule has 0 radical (unpaired) electrons. The smallest absolute Gasteiger partial charge is 0.300 e. The van der Waals surface area contributed by atoms with Gasteiger partial charge in [-0.3, -0.25) is 14.9 Å². The number of likely N-dealkylation sites (tertiary alicyclic amines) is 1. The molecule has 1 aliphatic heterocycles. The number of amides is 1. The van der Waals surface area contributed by atoms with Gasteiger partial charge < -0.3 is 10.0 Å². The van der Waals surface area contributed by atoms with E-state index < -0.39 is 16.4 Å². The third kappa shape index (κ3) is 2.52.